The Bertz CT molecular complexity index is 509. The first-order valence-corrected chi connectivity index (χ1v) is 11.0. The van der Waals surface area contributed by atoms with E-state index in [2.05, 4.69) is 13.8 Å². The van der Waals surface area contributed by atoms with Gasteiger partial charge in [0.05, 0.1) is 11.7 Å². The van der Waals surface area contributed by atoms with Crippen molar-refractivity contribution in [1.29, 1.82) is 0 Å². The highest BCUT2D eigenvalue weighted by Crippen LogP contribution is 2.68. The Morgan fingerprint density at radius 2 is 1.56 bits per heavy atom. The summed E-state index contributed by atoms with van der Waals surface area (Å²) >= 11 is 0. The fourth-order valence-electron chi connectivity index (χ4n) is 8.28. The van der Waals surface area contributed by atoms with Crippen LogP contribution in [-0.2, 0) is 0 Å². The standard InChI is InChI=1S/C23H40O2/c1-21(2,25)14-16-6-8-19-18-7-5-15-13-17(24)9-11-22(15,3)20(18)10-12-23(16,19)4/h15-20,24-25H,5-14H2,1-4H3/t15?,16-,17?,18?,19?,20?,22?,23-/m1/s1. The molecule has 0 aromatic carbocycles. The van der Waals surface area contributed by atoms with E-state index in [0.717, 1.165) is 42.9 Å². The van der Waals surface area contributed by atoms with Gasteiger partial charge in [-0.2, -0.15) is 0 Å². The van der Waals surface area contributed by atoms with Gasteiger partial charge in [0.1, 0.15) is 0 Å². The van der Waals surface area contributed by atoms with E-state index < -0.39 is 5.60 Å². The van der Waals surface area contributed by atoms with E-state index in [0.29, 0.717) is 16.7 Å². The Balaban J connectivity index is 1.56. The summed E-state index contributed by atoms with van der Waals surface area (Å²) in [5.41, 5.74) is 0.416. The van der Waals surface area contributed by atoms with Crippen molar-refractivity contribution in [3.8, 4) is 0 Å². The van der Waals surface area contributed by atoms with Crippen LogP contribution in [-0.4, -0.2) is 21.9 Å². The SMILES string of the molecule is CC(C)(O)C[C@H]1CCC2C3CCC4CC(O)CCC4(C)C3CC[C@@]21C. The van der Waals surface area contributed by atoms with Crippen molar-refractivity contribution >= 4 is 0 Å². The van der Waals surface area contributed by atoms with E-state index >= 15 is 0 Å². The van der Waals surface area contributed by atoms with Gasteiger partial charge >= 0.3 is 0 Å². The number of rotatable bonds is 2. The van der Waals surface area contributed by atoms with Gasteiger partial charge in [0, 0.05) is 0 Å². The van der Waals surface area contributed by atoms with E-state index in [-0.39, 0.29) is 6.10 Å². The van der Waals surface area contributed by atoms with E-state index in [1.807, 2.05) is 13.8 Å². The normalized spacial score (nSPS) is 53.0. The molecule has 0 radical (unpaired) electrons. The molecule has 0 aromatic heterocycles. The summed E-state index contributed by atoms with van der Waals surface area (Å²) in [4.78, 5) is 0. The van der Waals surface area contributed by atoms with Crippen LogP contribution < -0.4 is 0 Å². The minimum atomic E-state index is -0.525. The Labute approximate surface area is 154 Å². The van der Waals surface area contributed by atoms with Crippen LogP contribution in [0.15, 0.2) is 0 Å². The molecule has 4 saturated carbocycles. The summed E-state index contributed by atoms with van der Waals surface area (Å²) in [7, 11) is 0. The third-order valence-electron chi connectivity index (χ3n) is 9.58. The van der Waals surface area contributed by atoms with Crippen molar-refractivity contribution in [1.82, 2.24) is 0 Å². The van der Waals surface area contributed by atoms with E-state index in [9.17, 15) is 10.2 Å². The van der Waals surface area contributed by atoms with E-state index in [1.54, 1.807) is 0 Å². The van der Waals surface area contributed by atoms with Crippen LogP contribution >= 0.6 is 0 Å². The van der Waals surface area contributed by atoms with Gasteiger partial charge in [0.25, 0.3) is 0 Å². The van der Waals surface area contributed by atoms with Crippen molar-refractivity contribution in [3.63, 3.8) is 0 Å². The molecule has 0 heterocycles. The molecule has 0 aromatic rings. The molecule has 8 atom stereocenters. The molecule has 0 bridgehead atoms. The maximum atomic E-state index is 10.4. The molecule has 6 unspecified atom stereocenters. The third kappa shape index (κ3) is 2.90. The van der Waals surface area contributed by atoms with Crippen LogP contribution in [0.3, 0.4) is 0 Å². The van der Waals surface area contributed by atoms with Gasteiger partial charge in [-0.15, -0.1) is 0 Å². The molecule has 4 aliphatic carbocycles. The molecular weight excluding hydrogens is 308 g/mol. The first kappa shape index (κ1) is 18.3. The van der Waals surface area contributed by atoms with Gasteiger partial charge in [-0.05, 0) is 118 Å². The zero-order valence-electron chi connectivity index (χ0n) is 16.9. The molecule has 4 fully saturated rings. The Morgan fingerprint density at radius 3 is 2.28 bits per heavy atom. The van der Waals surface area contributed by atoms with Gasteiger partial charge < -0.3 is 10.2 Å². The highest BCUT2D eigenvalue weighted by molar-refractivity contribution is 5.09. The number of aliphatic hydroxyl groups excluding tert-OH is 1. The fraction of sp³-hybridized carbons (Fsp3) is 1.00. The molecule has 2 N–H and O–H groups in total. The fourth-order valence-corrected chi connectivity index (χ4v) is 8.28. The maximum absolute atomic E-state index is 10.4. The highest BCUT2D eigenvalue weighted by Gasteiger charge is 2.60. The van der Waals surface area contributed by atoms with Crippen LogP contribution in [0.4, 0.5) is 0 Å². The van der Waals surface area contributed by atoms with Gasteiger partial charge in [-0.25, -0.2) is 0 Å². The van der Waals surface area contributed by atoms with Crippen molar-refractivity contribution < 1.29 is 10.2 Å². The van der Waals surface area contributed by atoms with Crippen molar-refractivity contribution in [2.75, 3.05) is 0 Å². The molecule has 4 rings (SSSR count). The Morgan fingerprint density at radius 1 is 0.880 bits per heavy atom. The maximum Gasteiger partial charge on any atom is 0.0594 e. The average Bonchev–Trinajstić information content (AvgIpc) is 2.83. The van der Waals surface area contributed by atoms with Crippen LogP contribution in [0.1, 0.15) is 91.9 Å². The monoisotopic (exact) mass is 348 g/mol. The van der Waals surface area contributed by atoms with E-state index in [4.69, 9.17) is 0 Å². The van der Waals surface area contributed by atoms with E-state index in [1.165, 1.54) is 44.9 Å². The molecule has 0 spiro atoms. The molecule has 2 heteroatoms. The second-order valence-electron chi connectivity index (χ2n) is 11.4. The Hall–Kier alpha value is -0.0800. The topological polar surface area (TPSA) is 40.5 Å². The van der Waals surface area contributed by atoms with Crippen molar-refractivity contribution in [3.05, 3.63) is 0 Å². The lowest BCUT2D eigenvalue weighted by Crippen LogP contribution is -2.54. The van der Waals surface area contributed by atoms with Gasteiger partial charge in [0.2, 0.25) is 0 Å². The summed E-state index contributed by atoms with van der Waals surface area (Å²) in [6.45, 7) is 9.13. The predicted molar refractivity (Wildman–Crippen MR) is 102 cm³/mol. The second kappa shape index (κ2) is 5.96. The predicted octanol–water partition coefficient (Wildman–Crippen LogP) is 5.17. The zero-order chi connectivity index (χ0) is 18.0. The summed E-state index contributed by atoms with van der Waals surface area (Å²) in [5.74, 6) is 4.13. The lowest BCUT2D eigenvalue weighted by Gasteiger charge is -2.61. The Kier molecular flexibility index (Phi) is 4.36. The quantitative estimate of drug-likeness (QED) is 0.723. The molecule has 4 aliphatic rings. The van der Waals surface area contributed by atoms with Gasteiger partial charge in [-0.1, -0.05) is 13.8 Å². The summed E-state index contributed by atoms with van der Waals surface area (Å²) in [5, 5.41) is 20.6. The summed E-state index contributed by atoms with van der Waals surface area (Å²) < 4.78 is 0. The van der Waals surface area contributed by atoms with Gasteiger partial charge in [0.15, 0.2) is 0 Å². The number of fused-ring (bicyclic) bond motifs is 5. The first-order valence-electron chi connectivity index (χ1n) is 11.0. The van der Waals surface area contributed by atoms with Crippen LogP contribution in [0.2, 0.25) is 0 Å². The lowest BCUT2D eigenvalue weighted by atomic mass is 9.44. The third-order valence-corrected chi connectivity index (χ3v) is 9.58. The number of hydrogen-bond acceptors (Lipinski definition) is 2. The smallest absolute Gasteiger partial charge is 0.0594 e. The summed E-state index contributed by atoms with van der Waals surface area (Å²) in [6.07, 6.45) is 12.5. The molecular formula is C23H40O2. The zero-order valence-corrected chi connectivity index (χ0v) is 16.9. The molecule has 0 aliphatic heterocycles. The van der Waals surface area contributed by atoms with Crippen molar-refractivity contribution in [2.45, 2.75) is 104 Å². The minimum absolute atomic E-state index is 0.0360. The molecule has 2 nitrogen and oxygen atoms in total. The summed E-state index contributed by atoms with van der Waals surface area (Å²) in [6, 6.07) is 0. The van der Waals surface area contributed by atoms with Crippen LogP contribution in [0, 0.1) is 40.4 Å². The molecule has 25 heavy (non-hydrogen) atoms. The number of hydrogen-bond donors (Lipinski definition) is 2. The van der Waals surface area contributed by atoms with Crippen LogP contribution in [0.5, 0.6) is 0 Å². The highest BCUT2D eigenvalue weighted by atomic mass is 16.3. The molecule has 0 saturated heterocycles. The first-order chi connectivity index (χ1) is 11.6. The largest absolute Gasteiger partial charge is 0.393 e. The average molecular weight is 349 g/mol. The minimum Gasteiger partial charge on any atom is -0.393 e. The van der Waals surface area contributed by atoms with Crippen LogP contribution in [0.25, 0.3) is 0 Å². The molecule has 144 valence electrons. The van der Waals surface area contributed by atoms with Gasteiger partial charge in [-0.3, -0.25) is 0 Å². The second-order valence-corrected chi connectivity index (χ2v) is 11.4. The van der Waals surface area contributed by atoms with Crippen molar-refractivity contribution in [2.24, 2.45) is 40.4 Å². The number of aliphatic hydroxyl groups is 2. The molecule has 0 amide bonds. The lowest BCUT2D eigenvalue weighted by molar-refractivity contribution is -0.129.